The van der Waals surface area contributed by atoms with Gasteiger partial charge in [0, 0.05) is 45.0 Å². The summed E-state index contributed by atoms with van der Waals surface area (Å²) >= 11 is 3.65. The molecule has 7 nitrogen and oxygen atoms in total. The fourth-order valence-corrected chi connectivity index (χ4v) is 4.06. The summed E-state index contributed by atoms with van der Waals surface area (Å²) in [5.74, 6) is 1.84. The number of anilines is 2. The number of alkyl halides is 1. The summed E-state index contributed by atoms with van der Waals surface area (Å²) in [7, 11) is 1.81. The Morgan fingerprint density at radius 1 is 1.30 bits per heavy atom. The molecule has 0 spiro atoms. The van der Waals surface area contributed by atoms with E-state index in [1.807, 2.05) is 36.2 Å². The minimum absolute atomic E-state index is 0.205. The molecule has 1 saturated heterocycles. The van der Waals surface area contributed by atoms with Crippen molar-refractivity contribution in [2.45, 2.75) is 31.7 Å². The summed E-state index contributed by atoms with van der Waals surface area (Å²) in [5.41, 5.74) is 8.81. The Balaban J connectivity index is 1.53. The number of hydrogen-bond acceptors (Lipinski definition) is 7. The van der Waals surface area contributed by atoms with E-state index in [-0.39, 0.29) is 6.54 Å². The molecule has 2 heterocycles. The summed E-state index contributed by atoms with van der Waals surface area (Å²) in [6, 6.07) is 7.62. The Kier molecular flexibility index (Phi) is 6.72. The third kappa shape index (κ3) is 5.03. The molecule has 2 atom stereocenters. The second kappa shape index (κ2) is 9.47. The van der Waals surface area contributed by atoms with Gasteiger partial charge in [0.05, 0.1) is 22.0 Å². The zero-order valence-corrected chi connectivity index (χ0v) is 18.5. The molecule has 30 heavy (non-hydrogen) atoms. The van der Waals surface area contributed by atoms with Crippen molar-refractivity contribution in [2.24, 2.45) is 5.92 Å². The fraction of sp³-hybridized carbons (Fsp3) is 0.476. The van der Waals surface area contributed by atoms with Gasteiger partial charge in [0.15, 0.2) is 0 Å². The predicted octanol–water partition coefficient (Wildman–Crippen LogP) is 3.52. The number of aliphatic hydroxyl groups excluding tert-OH is 1. The van der Waals surface area contributed by atoms with E-state index in [2.05, 4.69) is 37.1 Å². The molecule has 2 unspecified atom stereocenters. The number of nitrogens with zero attached hydrogens (tertiary/aromatic N) is 2. The van der Waals surface area contributed by atoms with Crippen LogP contribution in [-0.2, 0) is 6.54 Å². The van der Waals surface area contributed by atoms with E-state index in [9.17, 15) is 9.50 Å². The minimum atomic E-state index is -1.22. The molecule has 2 aromatic rings. The average molecular weight is 480 g/mol. The molecule has 1 aliphatic carbocycles. The summed E-state index contributed by atoms with van der Waals surface area (Å²) in [6.45, 7) is 1.92. The number of nitrogens with one attached hydrogen (secondary N) is 3. The van der Waals surface area contributed by atoms with E-state index in [0.29, 0.717) is 24.7 Å². The van der Waals surface area contributed by atoms with Crippen LogP contribution in [0.5, 0.6) is 11.6 Å². The number of aliphatic hydroxyl groups is 1. The van der Waals surface area contributed by atoms with Crippen LogP contribution in [0.15, 0.2) is 34.9 Å². The third-order valence-electron chi connectivity index (χ3n) is 5.38. The molecular weight excluding hydrogens is 453 g/mol. The molecule has 1 aliphatic heterocycles. The number of likely N-dealkylation sites (tertiary alicyclic amines) is 1. The maximum Gasteiger partial charge on any atom is 0.223 e. The zero-order chi connectivity index (χ0) is 21.1. The van der Waals surface area contributed by atoms with Crippen LogP contribution < -0.4 is 20.9 Å². The number of rotatable bonds is 9. The van der Waals surface area contributed by atoms with Crippen LogP contribution in [0.3, 0.4) is 0 Å². The summed E-state index contributed by atoms with van der Waals surface area (Å²) < 4.78 is 20.6. The first-order valence-electron chi connectivity index (χ1n) is 10.2. The molecule has 1 saturated carbocycles. The van der Waals surface area contributed by atoms with Crippen LogP contribution in [0.2, 0.25) is 0 Å². The van der Waals surface area contributed by atoms with Crippen LogP contribution in [0.4, 0.5) is 15.8 Å². The Morgan fingerprint density at radius 3 is 2.83 bits per heavy atom. The molecule has 1 aromatic carbocycles. The molecule has 4 N–H and O–H groups in total. The Bertz CT molecular complexity index is 872. The first-order chi connectivity index (χ1) is 14.5. The third-order valence-corrected chi connectivity index (χ3v) is 6.17. The van der Waals surface area contributed by atoms with E-state index in [1.54, 1.807) is 6.20 Å². The van der Waals surface area contributed by atoms with Gasteiger partial charge in [-0.05, 0) is 52.9 Å². The monoisotopic (exact) mass is 479 g/mol. The molecule has 9 heteroatoms. The number of benzene rings is 1. The Morgan fingerprint density at radius 2 is 2.13 bits per heavy atom. The minimum Gasteiger partial charge on any atom is -0.437 e. The van der Waals surface area contributed by atoms with Crippen LogP contribution >= 0.6 is 15.9 Å². The second-order valence-corrected chi connectivity index (χ2v) is 8.64. The van der Waals surface area contributed by atoms with Gasteiger partial charge < -0.3 is 20.6 Å². The van der Waals surface area contributed by atoms with E-state index < -0.39 is 12.3 Å². The molecular formula is C21H27BrFN5O2. The van der Waals surface area contributed by atoms with Gasteiger partial charge in [-0.15, -0.1) is 0 Å². The number of aromatic nitrogens is 1. The van der Waals surface area contributed by atoms with Gasteiger partial charge in [-0.2, -0.15) is 0 Å². The first-order valence-corrected chi connectivity index (χ1v) is 11.0. The van der Waals surface area contributed by atoms with Crippen molar-refractivity contribution in [3.05, 3.63) is 40.5 Å². The van der Waals surface area contributed by atoms with Crippen molar-refractivity contribution in [1.82, 2.24) is 15.3 Å². The fourth-order valence-electron chi connectivity index (χ4n) is 3.54. The lowest BCUT2D eigenvalue weighted by atomic mass is 10.2. The van der Waals surface area contributed by atoms with Gasteiger partial charge in [0.25, 0.3) is 0 Å². The van der Waals surface area contributed by atoms with Gasteiger partial charge >= 0.3 is 0 Å². The van der Waals surface area contributed by atoms with Gasteiger partial charge in [0.2, 0.25) is 5.88 Å². The molecule has 0 amide bonds. The predicted molar refractivity (Wildman–Crippen MR) is 119 cm³/mol. The highest BCUT2D eigenvalue weighted by Gasteiger charge is 2.31. The SMILES string of the molecule is CNNc1c(NCC2CC2)ccc(Oc2ncccc2CN2CC(O)C(F)C2)c1Br. The summed E-state index contributed by atoms with van der Waals surface area (Å²) in [4.78, 5) is 6.25. The topological polar surface area (TPSA) is 81.7 Å². The van der Waals surface area contributed by atoms with Crippen molar-refractivity contribution in [2.75, 3.05) is 37.4 Å². The van der Waals surface area contributed by atoms with Gasteiger partial charge in [0.1, 0.15) is 11.9 Å². The smallest absolute Gasteiger partial charge is 0.223 e. The highest BCUT2D eigenvalue weighted by Crippen LogP contribution is 2.41. The molecule has 1 aromatic heterocycles. The molecule has 2 fully saturated rings. The number of pyridine rings is 1. The normalized spacial score (nSPS) is 21.6. The van der Waals surface area contributed by atoms with Crippen molar-refractivity contribution < 1.29 is 14.2 Å². The van der Waals surface area contributed by atoms with Crippen LogP contribution in [-0.4, -0.2) is 53.9 Å². The zero-order valence-electron chi connectivity index (χ0n) is 16.9. The number of halogens is 2. The van der Waals surface area contributed by atoms with Crippen molar-refractivity contribution in [3.63, 3.8) is 0 Å². The van der Waals surface area contributed by atoms with Crippen molar-refractivity contribution >= 4 is 27.3 Å². The largest absolute Gasteiger partial charge is 0.437 e. The number of ether oxygens (including phenoxy) is 1. The van der Waals surface area contributed by atoms with E-state index in [4.69, 9.17) is 4.74 Å². The summed E-state index contributed by atoms with van der Waals surface area (Å²) in [6.07, 6.45) is 2.08. The number of hydrazine groups is 1. The molecule has 2 aliphatic rings. The lowest BCUT2D eigenvalue weighted by Crippen LogP contribution is -2.22. The van der Waals surface area contributed by atoms with Gasteiger partial charge in [-0.25, -0.2) is 14.8 Å². The molecule has 4 rings (SSSR count). The highest BCUT2D eigenvalue weighted by molar-refractivity contribution is 9.10. The first kappa shape index (κ1) is 21.3. The van der Waals surface area contributed by atoms with Crippen LogP contribution in [0, 0.1) is 5.92 Å². The molecule has 0 bridgehead atoms. The average Bonchev–Trinajstić information content (AvgIpc) is 3.50. The highest BCUT2D eigenvalue weighted by atomic mass is 79.9. The number of β-amino-alcohol motifs (C(OH)–C–C–N with tert-alkyl or cyclic N) is 1. The molecule has 0 radical (unpaired) electrons. The standard InChI is InChI=1S/C21H27BrFN5O2/c1-24-27-20-16(26-9-13-4-5-13)6-7-18(19(20)22)30-21-14(3-2-8-25-21)10-28-11-15(23)17(29)12-28/h2-3,6-8,13,15,17,24,26-27,29H,4-5,9-12H2,1H3. The van der Waals surface area contributed by atoms with Crippen molar-refractivity contribution in [3.8, 4) is 11.6 Å². The van der Waals surface area contributed by atoms with Gasteiger partial charge in [-0.3, -0.25) is 4.90 Å². The summed E-state index contributed by atoms with van der Waals surface area (Å²) in [5, 5.41) is 13.2. The molecule has 162 valence electrons. The maximum atomic E-state index is 13.7. The van der Waals surface area contributed by atoms with Crippen LogP contribution in [0.25, 0.3) is 0 Å². The second-order valence-electron chi connectivity index (χ2n) is 7.85. The Labute approximate surface area is 184 Å². The van der Waals surface area contributed by atoms with Gasteiger partial charge in [-0.1, -0.05) is 6.07 Å². The lowest BCUT2D eigenvalue weighted by Gasteiger charge is -2.19. The van der Waals surface area contributed by atoms with Crippen molar-refractivity contribution in [1.29, 1.82) is 0 Å². The number of hydrogen-bond donors (Lipinski definition) is 4. The lowest BCUT2D eigenvalue weighted by molar-refractivity contribution is 0.115. The maximum absolute atomic E-state index is 13.7. The van der Waals surface area contributed by atoms with E-state index in [0.717, 1.165) is 33.9 Å². The quantitative estimate of drug-likeness (QED) is 0.409. The van der Waals surface area contributed by atoms with E-state index >= 15 is 0 Å². The van der Waals surface area contributed by atoms with Crippen LogP contribution in [0.1, 0.15) is 18.4 Å². The van der Waals surface area contributed by atoms with E-state index in [1.165, 1.54) is 12.8 Å². The Hall–Kier alpha value is -1.94.